The minimum Gasteiger partial charge on any atom is -0.406 e. The summed E-state index contributed by atoms with van der Waals surface area (Å²) < 4.78 is 71.8. The Hall–Kier alpha value is -1.32. The predicted molar refractivity (Wildman–Crippen MR) is 71.9 cm³/mol. The fourth-order valence-corrected chi connectivity index (χ4v) is 3.84. The van der Waals surface area contributed by atoms with Crippen molar-refractivity contribution in [1.82, 2.24) is 4.31 Å². The van der Waals surface area contributed by atoms with Gasteiger partial charge in [-0.1, -0.05) is 6.07 Å². The van der Waals surface area contributed by atoms with E-state index in [0.29, 0.717) is 13.0 Å². The average molecular weight is 339 g/mol. The number of benzene rings is 1. The highest BCUT2D eigenvalue weighted by molar-refractivity contribution is 7.89. The van der Waals surface area contributed by atoms with Crippen molar-refractivity contribution in [3.8, 4) is 5.75 Å². The highest BCUT2D eigenvalue weighted by atomic mass is 32.2. The number of rotatable bonds is 4. The van der Waals surface area contributed by atoms with Crippen LogP contribution in [0.3, 0.4) is 0 Å². The second kappa shape index (κ2) is 6.43. The van der Waals surface area contributed by atoms with Gasteiger partial charge in [-0.05, 0) is 25.0 Å². The molecule has 1 aromatic carbocycles. The van der Waals surface area contributed by atoms with Crippen molar-refractivity contribution in [2.24, 2.45) is 0 Å². The Morgan fingerprint density at radius 2 is 2.05 bits per heavy atom. The SMILES string of the molecule is COC1CCCN(S(=O)(=O)c2cccc(OC(F)(F)F)c2)C1. The molecule has 9 heteroatoms. The number of ether oxygens (including phenoxy) is 2. The molecule has 0 saturated carbocycles. The van der Waals surface area contributed by atoms with Gasteiger partial charge < -0.3 is 9.47 Å². The number of hydrogen-bond donors (Lipinski definition) is 0. The van der Waals surface area contributed by atoms with E-state index in [-0.39, 0.29) is 17.5 Å². The molecule has 0 aliphatic carbocycles. The highest BCUT2D eigenvalue weighted by Crippen LogP contribution is 2.27. The molecule has 0 spiro atoms. The van der Waals surface area contributed by atoms with Crippen LogP contribution < -0.4 is 4.74 Å². The monoisotopic (exact) mass is 339 g/mol. The van der Waals surface area contributed by atoms with Crippen LogP contribution in [0.25, 0.3) is 0 Å². The van der Waals surface area contributed by atoms with Crippen LogP contribution in [0.1, 0.15) is 12.8 Å². The predicted octanol–water partition coefficient (Wildman–Crippen LogP) is 2.38. The third kappa shape index (κ3) is 4.11. The molecule has 1 aliphatic rings. The van der Waals surface area contributed by atoms with Gasteiger partial charge in [-0.3, -0.25) is 0 Å². The Balaban J connectivity index is 2.24. The largest absolute Gasteiger partial charge is 0.573 e. The van der Waals surface area contributed by atoms with Crippen LogP contribution in [0.5, 0.6) is 5.75 Å². The molecule has 1 fully saturated rings. The van der Waals surface area contributed by atoms with E-state index in [1.54, 1.807) is 0 Å². The fourth-order valence-electron chi connectivity index (χ4n) is 2.30. The average Bonchev–Trinajstić information content (AvgIpc) is 2.46. The van der Waals surface area contributed by atoms with Crippen LogP contribution in [0.4, 0.5) is 13.2 Å². The number of nitrogens with zero attached hydrogens (tertiary/aromatic N) is 1. The lowest BCUT2D eigenvalue weighted by molar-refractivity contribution is -0.274. The van der Waals surface area contributed by atoms with Crippen molar-refractivity contribution < 1.29 is 31.1 Å². The van der Waals surface area contributed by atoms with Gasteiger partial charge in [0.2, 0.25) is 10.0 Å². The Bertz CT molecular complexity index is 618. The van der Waals surface area contributed by atoms with E-state index < -0.39 is 22.1 Å². The number of hydrogen-bond acceptors (Lipinski definition) is 4. The minimum absolute atomic E-state index is 0.184. The van der Waals surface area contributed by atoms with Gasteiger partial charge in [-0.15, -0.1) is 13.2 Å². The molecule has 1 heterocycles. The number of methoxy groups -OCH3 is 1. The summed E-state index contributed by atoms with van der Waals surface area (Å²) >= 11 is 0. The normalized spacial score (nSPS) is 20.8. The van der Waals surface area contributed by atoms with Gasteiger partial charge in [-0.2, -0.15) is 4.31 Å². The summed E-state index contributed by atoms with van der Waals surface area (Å²) in [6, 6.07) is 4.39. The molecule has 1 atom stereocenters. The number of sulfonamides is 1. The summed E-state index contributed by atoms with van der Waals surface area (Å²) in [7, 11) is -2.38. The van der Waals surface area contributed by atoms with Crippen LogP contribution in [0, 0.1) is 0 Å². The molecule has 124 valence electrons. The van der Waals surface area contributed by atoms with E-state index in [9.17, 15) is 21.6 Å². The van der Waals surface area contributed by atoms with E-state index in [0.717, 1.165) is 18.6 Å². The van der Waals surface area contributed by atoms with Crippen LogP contribution in [0.15, 0.2) is 29.2 Å². The second-order valence-electron chi connectivity index (χ2n) is 4.89. The first-order chi connectivity index (χ1) is 10.2. The van der Waals surface area contributed by atoms with Crippen LogP contribution in [-0.4, -0.2) is 45.4 Å². The first kappa shape index (κ1) is 17.0. The summed E-state index contributed by atoms with van der Waals surface area (Å²) in [5, 5.41) is 0. The molecule has 0 aromatic heterocycles. The first-order valence-electron chi connectivity index (χ1n) is 6.61. The third-order valence-corrected chi connectivity index (χ3v) is 5.21. The topological polar surface area (TPSA) is 55.8 Å². The van der Waals surface area contributed by atoms with Crippen molar-refractivity contribution in [3.63, 3.8) is 0 Å². The van der Waals surface area contributed by atoms with Crippen molar-refractivity contribution in [3.05, 3.63) is 24.3 Å². The molecular weight excluding hydrogens is 323 g/mol. The number of alkyl halides is 3. The van der Waals surface area contributed by atoms with Crippen LogP contribution in [0.2, 0.25) is 0 Å². The Morgan fingerprint density at radius 3 is 2.68 bits per heavy atom. The maximum Gasteiger partial charge on any atom is 0.573 e. The quantitative estimate of drug-likeness (QED) is 0.845. The number of piperidine rings is 1. The maximum atomic E-state index is 12.5. The van der Waals surface area contributed by atoms with Crippen molar-refractivity contribution in [1.29, 1.82) is 0 Å². The molecule has 0 bridgehead atoms. The Labute approximate surface area is 126 Å². The molecule has 5 nitrogen and oxygen atoms in total. The van der Waals surface area contributed by atoms with Gasteiger partial charge in [0.05, 0.1) is 11.0 Å². The lowest BCUT2D eigenvalue weighted by Gasteiger charge is -2.31. The second-order valence-corrected chi connectivity index (χ2v) is 6.82. The maximum absolute atomic E-state index is 12.5. The molecule has 0 amide bonds. The van der Waals surface area contributed by atoms with E-state index in [1.807, 2.05) is 0 Å². The van der Waals surface area contributed by atoms with Gasteiger partial charge >= 0.3 is 6.36 Å². The highest BCUT2D eigenvalue weighted by Gasteiger charge is 2.33. The van der Waals surface area contributed by atoms with Crippen molar-refractivity contribution >= 4 is 10.0 Å². The molecule has 22 heavy (non-hydrogen) atoms. The minimum atomic E-state index is -4.87. The lowest BCUT2D eigenvalue weighted by Crippen LogP contribution is -2.42. The molecule has 1 saturated heterocycles. The Morgan fingerprint density at radius 1 is 1.32 bits per heavy atom. The van der Waals surface area contributed by atoms with E-state index >= 15 is 0 Å². The molecule has 1 aliphatic heterocycles. The Kier molecular flexibility index (Phi) is 4.98. The van der Waals surface area contributed by atoms with Gasteiger partial charge in [0, 0.05) is 26.3 Å². The summed E-state index contributed by atoms with van der Waals surface area (Å²) in [6.07, 6.45) is -3.69. The first-order valence-corrected chi connectivity index (χ1v) is 8.05. The summed E-state index contributed by atoms with van der Waals surface area (Å²) in [5.74, 6) is -0.561. The van der Waals surface area contributed by atoms with Crippen LogP contribution in [-0.2, 0) is 14.8 Å². The molecule has 0 N–H and O–H groups in total. The molecule has 1 aromatic rings. The third-order valence-electron chi connectivity index (χ3n) is 3.35. The summed E-state index contributed by atoms with van der Waals surface area (Å²) in [6.45, 7) is 0.496. The van der Waals surface area contributed by atoms with E-state index in [2.05, 4.69) is 4.74 Å². The van der Waals surface area contributed by atoms with Crippen molar-refractivity contribution in [2.45, 2.75) is 30.2 Å². The number of halogens is 3. The molecule has 2 rings (SSSR count). The zero-order chi connectivity index (χ0) is 16.4. The molecule has 0 radical (unpaired) electrons. The van der Waals surface area contributed by atoms with Gasteiger partial charge in [0.25, 0.3) is 0 Å². The smallest absolute Gasteiger partial charge is 0.406 e. The van der Waals surface area contributed by atoms with Gasteiger partial charge in [0.1, 0.15) is 5.75 Å². The standard InChI is InChI=1S/C13H16F3NO4S/c1-20-11-5-3-7-17(9-11)22(18,19)12-6-2-4-10(8-12)21-13(14,15)16/h2,4,6,8,11H,3,5,7,9H2,1H3. The van der Waals surface area contributed by atoms with Gasteiger partial charge in [-0.25, -0.2) is 8.42 Å². The summed E-state index contributed by atoms with van der Waals surface area (Å²) in [5.41, 5.74) is 0. The zero-order valence-electron chi connectivity index (χ0n) is 11.8. The zero-order valence-corrected chi connectivity index (χ0v) is 12.7. The van der Waals surface area contributed by atoms with E-state index in [1.165, 1.54) is 23.5 Å². The molecule has 1 unspecified atom stereocenters. The molecular formula is C13H16F3NO4S. The van der Waals surface area contributed by atoms with E-state index in [4.69, 9.17) is 4.74 Å². The fraction of sp³-hybridized carbons (Fsp3) is 0.538. The lowest BCUT2D eigenvalue weighted by atomic mass is 10.1. The van der Waals surface area contributed by atoms with Gasteiger partial charge in [0.15, 0.2) is 0 Å². The van der Waals surface area contributed by atoms with Crippen molar-refractivity contribution in [2.75, 3.05) is 20.2 Å². The summed E-state index contributed by atoms with van der Waals surface area (Å²) in [4.78, 5) is -0.231. The van der Waals surface area contributed by atoms with Crippen LogP contribution >= 0.6 is 0 Å².